The summed E-state index contributed by atoms with van der Waals surface area (Å²) in [5.41, 5.74) is 1.85. The number of aryl methyl sites for hydroxylation is 1. The summed E-state index contributed by atoms with van der Waals surface area (Å²) in [6, 6.07) is 0.0950. The zero-order valence-corrected chi connectivity index (χ0v) is 20.1. The van der Waals surface area contributed by atoms with Gasteiger partial charge < -0.3 is 9.64 Å². The molecule has 1 spiro atoms. The fraction of sp³-hybridized carbons (Fsp3) is 0.700. The van der Waals surface area contributed by atoms with E-state index in [0.717, 1.165) is 47.7 Å². The lowest BCUT2D eigenvalue weighted by Crippen LogP contribution is -2.55. The standard InChI is InChI=1S/C20H30BrN5O2S/c1-13-15(21)17-22-8-11-26(17)18(23-13)25-9-6-20(7-10-25)12-28-14(2)16(20)24-29(27)19(3,4)5/h8,11,14,16,24H,6-7,9-10,12H2,1-5H3/t14-,16+,29+/m0/s1. The fourth-order valence-corrected chi connectivity index (χ4v) is 5.77. The Balaban J connectivity index is 1.55. The van der Waals surface area contributed by atoms with Gasteiger partial charge in [-0.3, -0.25) is 4.40 Å². The monoisotopic (exact) mass is 483 g/mol. The van der Waals surface area contributed by atoms with Crippen LogP contribution in [-0.4, -0.2) is 55.2 Å². The van der Waals surface area contributed by atoms with Crippen molar-refractivity contribution in [1.82, 2.24) is 19.1 Å². The van der Waals surface area contributed by atoms with Crippen LogP contribution < -0.4 is 9.62 Å². The van der Waals surface area contributed by atoms with Crippen molar-refractivity contribution >= 4 is 38.5 Å². The highest BCUT2D eigenvalue weighted by atomic mass is 79.9. The van der Waals surface area contributed by atoms with E-state index >= 15 is 0 Å². The molecule has 9 heteroatoms. The molecule has 0 amide bonds. The van der Waals surface area contributed by atoms with Crippen molar-refractivity contribution in [3.05, 3.63) is 22.6 Å². The van der Waals surface area contributed by atoms with E-state index in [0.29, 0.717) is 6.61 Å². The molecule has 7 nitrogen and oxygen atoms in total. The van der Waals surface area contributed by atoms with Crippen LogP contribution in [0.4, 0.5) is 5.95 Å². The third kappa shape index (κ3) is 3.75. The maximum Gasteiger partial charge on any atom is 0.211 e. The molecule has 2 aliphatic heterocycles. The summed E-state index contributed by atoms with van der Waals surface area (Å²) < 4.78 is 24.9. The van der Waals surface area contributed by atoms with Gasteiger partial charge in [-0.2, -0.15) is 0 Å². The van der Waals surface area contributed by atoms with E-state index in [4.69, 9.17) is 9.72 Å². The van der Waals surface area contributed by atoms with Crippen molar-refractivity contribution in [2.45, 2.75) is 64.4 Å². The van der Waals surface area contributed by atoms with E-state index in [1.807, 2.05) is 44.5 Å². The molecule has 2 aromatic heterocycles. The lowest BCUT2D eigenvalue weighted by atomic mass is 9.73. The number of aromatic nitrogens is 3. The smallest absolute Gasteiger partial charge is 0.211 e. The second kappa shape index (κ2) is 7.59. The molecule has 4 heterocycles. The molecule has 0 bridgehead atoms. The van der Waals surface area contributed by atoms with Crippen molar-refractivity contribution in [2.75, 3.05) is 24.6 Å². The van der Waals surface area contributed by atoms with E-state index in [-0.39, 0.29) is 22.3 Å². The molecule has 2 saturated heterocycles. The highest BCUT2D eigenvalue weighted by Crippen LogP contribution is 2.43. The third-order valence-corrected chi connectivity index (χ3v) is 8.74. The van der Waals surface area contributed by atoms with Crippen molar-refractivity contribution < 1.29 is 8.95 Å². The topological polar surface area (TPSA) is 71.8 Å². The molecule has 0 aromatic carbocycles. The van der Waals surface area contributed by atoms with Gasteiger partial charge in [-0.1, -0.05) is 0 Å². The molecular formula is C20H30BrN5O2S. The first-order chi connectivity index (χ1) is 13.6. The van der Waals surface area contributed by atoms with Crippen molar-refractivity contribution in [2.24, 2.45) is 5.41 Å². The number of nitrogens with zero attached hydrogens (tertiary/aromatic N) is 4. The average Bonchev–Trinajstić information content (AvgIpc) is 3.26. The summed E-state index contributed by atoms with van der Waals surface area (Å²) in [4.78, 5) is 11.6. The first-order valence-electron chi connectivity index (χ1n) is 10.2. The molecule has 0 aliphatic carbocycles. The van der Waals surface area contributed by atoms with Crippen molar-refractivity contribution in [3.8, 4) is 0 Å². The lowest BCUT2D eigenvalue weighted by Gasteiger charge is -2.43. The second-order valence-electron chi connectivity index (χ2n) is 9.27. The van der Waals surface area contributed by atoms with Gasteiger partial charge in [0.05, 0.1) is 44.7 Å². The Morgan fingerprint density at radius 2 is 2.03 bits per heavy atom. The number of rotatable bonds is 3. The predicted molar refractivity (Wildman–Crippen MR) is 120 cm³/mol. The molecule has 0 unspecified atom stereocenters. The summed E-state index contributed by atoms with van der Waals surface area (Å²) in [5.74, 6) is 0.933. The van der Waals surface area contributed by atoms with Gasteiger partial charge in [0.1, 0.15) is 0 Å². The number of piperidine rings is 1. The van der Waals surface area contributed by atoms with Crippen LogP contribution in [0.15, 0.2) is 16.9 Å². The summed E-state index contributed by atoms with van der Waals surface area (Å²) in [6.07, 6.45) is 5.78. The minimum absolute atomic E-state index is 0.00921. The molecule has 0 saturated carbocycles. The predicted octanol–water partition coefficient (Wildman–Crippen LogP) is 3.23. The molecule has 0 radical (unpaired) electrons. The Morgan fingerprint density at radius 3 is 2.69 bits per heavy atom. The number of hydrogen-bond donors (Lipinski definition) is 1. The van der Waals surface area contributed by atoms with E-state index in [2.05, 4.69) is 37.5 Å². The highest BCUT2D eigenvalue weighted by Gasteiger charge is 2.50. The minimum Gasteiger partial charge on any atom is -0.376 e. The van der Waals surface area contributed by atoms with E-state index < -0.39 is 11.0 Å². The molecule has 1 N–H and O–H groups in total. The van der Waals surface area contributed by atoms with Crippen molar-refractivity contribution in [3.63, 3.8) is 0 Å². The Morgan fingerprint density at radius 1 is 1.34 bits per heavy atom. The van der Waals surface area contributed by atoms with Crippen LogP contribution in [0.5, 0.6) is 0 Å². The van der Waals surface area contributed by atoms with Gasteiger partial charge in [-0.25, -0.2) is 18.9 Å². The first kappa shape index (κ1) is 21.2. The first-order valence-corrected chi connectivity index (χ1v) is 12.1. The molecule has 2 aliphatic rings. The molecular weight excluding hydrogens is 454 g/mol. The molecule has 2 fully saturated rings. The highest BCUT2D eigenvalue weighted by molar-refractivity contribution is 9.10. The van der Waals surface area contributed by atoms with E-state index in [1.165, 1.54) is 0 Å². The van der Waals surface area contributed by atoms with Crippen molar-refractivity contribution in [1.29, 1.82) is 0 Å². The van der Waals surface area contributed by atoms with Crippen LogP contribution in [-0.2, 0) is 15.7 Å². The molecule has 3 atom stereocenters. The normalized spacial score (nSPS) is 25.8. The Labute approximate surface area is 183 Å². The van der Waals surface area contributed by atoms with Crippen LogP contribution in [0.1, 0.15) is 46.2 Å². The summed E-state index contributed by atoms with van der Waals surface area (Å²) in [7, 11) is -1.11. The van der Waals surface area contributed by atoms with Crippen LogP contribution in [0.3, 0.4) is 0 Å². The average molecular weight is 484 g/mol. The summed E-state index contributed by atoms with van der Waals surface area (Å²) >= 11 is 3.60. The van der Waals surface area contributed by atoms with Crippen LogP contribution in [0.2, 0.25) is 0 Å². The van der Waals surface area contributed by atoms with E-state index in [1.54, 1.807) is 0 Å². The number of fused-ring (bicyclic) bond motifs is 1. The van der Waals surface area contributed by atoms with Gasteiger partial charge in [0.25, 0.3) is 0 Å². The number of imidazole rings is 1. The number of halogens is 1. The Kier molecular flexibility index (Phi) is 5.55. The number of ether oxygens (including phenoxy) is 1. The third-order valence-electron chi connectivity index (χ3n) is 6.23. The SMILES string of the molecule is Cc1nc(N2CCC3(CC2)CO[C@@H](C)[C@H]3N[S@](=O)C(C)(C)C)n2ccnc2c1Br. The molecule has 4 rings (SSSR count). The zero-order chi connectivity index (χ0) is 21.0. The van der Waals surface area contributed by atoms with Crippen LogP contribution >= 0.6 is 15.9 Å². The maximum atomic E-state index is 12.8. The Hall–Kier alpha value is -1.03. The number of hydrogen-bond acceptors (Lipinski definition) is 5. The zero-order valence-electron chi connectivity index (χ0n) is 17.7. The van der Waals surface area contributed by atoms with Gasteiger partial charge in [0.2, 0.25) is 5.95 Å². The largest absolute Gasteiger partial charge is 0.376 e. The lowest BCUT2D eigenvalue weighted by molar-refractivity contribution is 0.0972. The molecule has 29 heavy (non-hydrogen) atoms. The fourth-order valence-electron chi connectivity index (χ4n) is 4.37. The van der Waals surface area contributed by atoms with Gasteiger partial charge in [-0.15, -0.1) is 0 Å². The van der Waals surface area contributed by atoms with Crippen LogP contribution in [0, 0.1) is 12.3 Å². The molecule has 160 valence electrons. The van der Waals surface area contributed by atoms with Crippen LogP contribution in [0.25, 0.3) is 5.65 Å². The number of nitrogens with one attached hydrogen (secondary N) is 1. The second-order valence-corrected chi connectivity index (χ2v) is 12.1. The summed E-state index contributed by atoms with van der Waals surface area (Å²) in [6.45, 7) is 12.6. The quantitative estimate of drug-likeness (QED) is 0.725. The molecule has 2 aromatic rings. The Bertz CT molecular complexity index is 933. The number of anilines is 1. The minimum atomic E-state index is -1.11. The maximum absolute atomic E-state index is 12.8. The summed E-state index contributed by atoms with van der Waals surface area (Å²) in [5, 5.41) is 0. The van der Waals surface area contributed by atoms with Gasteiger partial charge in [-0.05, 0) is 63.4 Å². The van der Waals surface area contributed by atoms with Gasteiger partial charge >= 0.3 is 0 Å². The van der Waals surface area contributed by atoms with Gasteiger partial charge in [0, 0.05) is 30.9 Å². The van der Waals surface area contributed by atoms with Gasteiger partial charge in [0.15, 0.2) is 5.65 Å². The van der Waals surface area contributed by atoms with E-state index in [9.17, 15) is 4.21 Å².